The Kier molecular flexibility index (Phi) is 3.92. The Morgan fingerprint density at radius 3 is 2.60 bits per heavy atom. The topological polar surface area (TPSA) is 29.5 Å². The van der Waals surface area contributed by atoms with Crippen LogP contribution in [0.15, 0.2) is 36.5 Å². The van der Waals surface area contributed by atoms with Gasteiger partial charge in [-0.3, -0.25) is 4.79 Å². The molecule has 15 heavy (non-hydrogen) atoms. The number of rotatable bonds is 4. The Hall–Kier alpha value is -1.77. The van der Waals surface area contributed by atoms with Gasteiger partial charge in [-0.25, -0.2) is 0 Å². The van der Waals surface area contributed by atoms with Gasteiger partial charge in [-0.15, -0.1) is 0 Å². The predicted molar refractivity (Wildman–Crippen MR) is 60.2 cm³/mol. The van der Waals surface area contributed by atoms with Crippen LogP contribution in [0.2, 0.25) is 0 Å². The second-order valence-electron chi connectivity index (χ2n) is 3.34. The fourth-order valence-corrected chi connectivity index (χ4v) is 1.15. The van der Waals surface area contributed by atoms with Gasteiger partial charge in [0, 0.05) is 26.4 Å². The van der Waals surface area contributed by atoms with E-state index in [4.69, 9.17) is 4.74 Å². The highest BCUT2D eigenvalue weighted by atomic mass is 16.5. The van der Waals surface area contributed by atoms with Crippen molar-refractivity contribution in [3.05, 3.63) is 42.1 Å². The van der Waals surface area contributed by atoms with E-state index in [-0.39, 0.29) is 5.78 Å². The molecule has 0 aliphatic heterocycles. The van der Waals surface area contributed by atoms with E-state index in [1.54, 1.807) is 25.4 Å². The second-order valence-corrected chi connectivity index (χ2v) is 3.34. The van der Waals surface area contributed by atoms with Crippen molar-refractivity contribution in [2.24, 2.45) is 0 Å². The number of allylic oxidation sites excluding steroid dienone is 1. The molecular formula is C12H15NO2. The van der Waals surface area contributed by atoms with Crippen molar-refractivity contribution in [1.82, 2.24) is 4.90 Å². The monoisotopic (exact) mass is 205 g/mol. The van der Waals surface area contributed by atoms with E-state index >= 15 is 0 Å². The van der Waals surface area contributed by atoms with Crippen LogP contribution in [-0.2, 0) is 0 Å². The van der Waals surface area contributed by atoms with E-state index in [2.05, 4.69) is 0 Å². The number of nitrogens with zero attached hydrogens (tertiary/aromatic N) is 1. The smallest absolute Gasteiger partial charge is 0.191 e. The van der Waals surface area contributed by atoms with Crippen LogP contribution in [0.4, 0.5) is 0 Å². The average Bonchev–Trinajstić information content (AvgIpc) is 2.25. The minimum Gasteiger partial charge on any atom is -0.496 e. The molecule has 0 atom stereocenters. The van der Waals surface area contributed by atoms with Crippen LogP contribution in [0.25, 0.3) is 0 Å². The standard InChI is InChI=1S/C12H15NO2/c1-13(2)9-8-11(14)10-6-4-5-7-12(10)15-3/h4-9H,1-3H3. The largest absolute Gasteiger partial charge is 0.496 e. The molecule has 0 aromatic heterocycles. The summed E-state index contributed by atoms with van der Waals surface area (Å²) in [6, 6.07) is 7.18. The first-order valence-electron chi connectivity index (χ1n) is 4.67. The minimum absolute atomic E-state index is 0.0545. The van der Waals surface area contributed by atoms with Gasteiger partial charge in [0.05, 0.1) is 12.7 Å². The number of hydrogen-bond donors (Lipinski definition) is 0. The lowest BCUT2D eigenvalue weighted by atomic mass is 10.1. The van der Waals surface area contributed by atoms with Crippen LogP contribution >= 0.6 is 0 Å². The Morgan fingerprint density at radius 1 is 1.33 bits per heavy atom. The maximum Gasteiger partial charge on any atom is 0.191 e. The third-order valence-electron chi connectivity index (χ3n) is 1.90. The summed E-state index contributed by atoms with van der Waals surface area (Å²) < 4.78 is 5.10. The molecule has 1 aromatic carbocycles. The first-order valence-corrected chi connectivity index (χ1v) is 4.67. The summed E-state index contributed by atoms with van der Waals surface area (Å²) in [6.45, 7) is 0. The Balaban J connectivity index is 2.91. The van der Waals surface area contributed by atoms with Gasteiger partial charge in [0.25, 0.3) is 0 Å². The lowest BCUT2D eigenvalue weighted by molar-refractivity contribution is 0.104. The molecule has 3 nitrogen and oxygen atoms in total. The number of carbonyl (C=O) groups excluding carboxylic acids is 1. The number of methoxy groups -OCH3 is 1. The van der Waals surface area contributed by atoms with Gasteiger partial charge in [0.1, 0.15) is 5.75 Å². The Morgan fingerprint density at radius 2 is 2.00 bits per heavy atom. The van der Waals surface area contributed by atoms with Gasteiger partial charge in [0.2, 0.25) is 0 Å². The van der Waals surface area contributed by atoms with Gasteiger partial charge in [0.15, 0.2) is 5.78 Å². The molecular weight excluding hydrogens is 190 g/mol. The van der Waals surface area contributed by atoms with Crippen LogP contribution in [0.1, 0.15) is 10.4 Å². The summed E-state index contributed by atoms with van der Waals surface area (Å²) in [7, 11) is 5.29. The average molecular weight is 205 g/mol. The molecule has 0 spiro atoms. The number of para-hydroxylation sites is 1. The lowest BCUT2D eigenvalue weighted by Gasteiger charge is -2.06. The molecule has 0 N–H and O–H groups in total. The van der Waals surface area contributed by atoms with Crippen LogP contribution < -0.4 is 4.74 Å². The molecule has 0 aliphatic rings. The molecule has 0 saturated carbocycles. The number of hydrogen-bond acceptors (Lipinski definition) is 3. The van der Waals surface area contributed by atoms with Gasteiger partial charge >= 0.3 is 0 Å². The highest BCUT2D eigenvalue weighted by molar-refractivity contribution is 6.06. The molecule has 1 rings (SSSR count). The van der Waals surface area contributed by atoms with Crippen molar-refractivity contribution < 1.29 is 9.53 Å². The number of ketones is 1. The molecule has 0 heterocycles. The Labute approximate surface area is 90.0 Å². The summed E-state index contributed by atoms with van der Waals surface area (Å²) in [4.78, 5) is 13.5. The first-order chi connectivity index (χ1) is 7.15. The highest BCUT2D eigenvalue weighted by Crippen LogP contribution is 2.17. The maximum atomic E-state index is 11.7. The Bertz CT molecular complexity index is 370. The van der Waals surface area contributed by atoms with Gasteiger partial charge in [-0.2, -0.15) is 0 Å². The molecule has 0 amide bonds. The zero-order valence-electron chi connectivity index (χ0n) is 9.23. The number of carbonyl (C=O) groups is 1. The molecule has 1 aromatic rings. The molecule has 80 valence electrons. The summed E-state index contributed by atoms with van der Waals surface area (Å²) in [5.74, 6) is 0.548. The minimum atomic E-state index is -0.0545. The highest BCUT2D eigenvalue weighted by Gasteiger charge is 2.07. The fourth-order valence-electron chi connectivity index (χ4n) is 1.15. The zero-order chi connectivity index (χ0) is 11.3. The summed E-state index contributed by atoms with van der Waals surface area (Å²) in [6.07, 6.45) is 3.24. The maximum absolute atomic E-state index is 11.7. The van der Waals surface area contributed by atoms with Crippen molar-refractivity contribution in [1.29, 1.82) is 0 Å². The van der Waals surface area contributed by atoms with E-state index < -0.39 is 0 Å². The molecule has 0 aliphatic carbocycles. The van der Waals surface area contributed by atoms with Gasteiger partial charge < -0.3 is 9.64 Å². The summed E-state index contributed by atoms with van der Waals surface area (Å²) in [5.41, 5.74) is 0.582. The SMILES string of the molecule is COc1ccccc1C(=O)C=CN(C)C. The van der Waals surface area contributed by atoms with Crippen LogP contribution in [0.3, 0.4) is 0 Å². The van der Waals surface area contributed by atoms with Crippen LogP contribution in [0, 0.1) is 0 Å². The first kappa shape index (κ1) is 11.3. The zero-order valence-corrected chi connectivity index (χ0v) is 9.23. The van der Waals surface area contributed by atoms with Crippen molar-refractivity contribution in [3.63, 3.8) is 0 Å². The molecule has 0 fully saturated rings. The van der Waals surface area contributed by atoms with E-state index in [1.165, 1.54) is 6.08 Å². The van der Waals surface area contributed by atoms with E-state index in [9.17, 15) is 4.79 Å². The van der Waals surface area contributed by atoms with Crippen molar-refractivity contribution in [3.8, 4) is 5.75 Å². The third-order valence-corrected chi connectivity index (χ3v) is 1.90. The third kappa shape index (κ3) is 3.13. The molecule has 0 unspecified atom stereocenters. The van der Waals surface area contributed by atoms with Crippen molar-refractivity contribution in [2.75, 3.05) is 21.2 Å². The number of benzene rings is 1. The number of ether oxygens (including phenoxy) is 1. The van der Waals surface area contributed by atoms with Crippen molar-refractivity contribution >= 4 is 5.78 Å². The molecule has 0 bridgehead atoms. The molecule has 3 heteroatoms. The molecule has 0 radical (unpaired) electrons. The van der Waals surface area contributed by atoms with E-state index in [0.717, 1.165) is 0 Å². The summed E-state index contributed by atoms with van der Waals surface area (Å²) >= 11 is 0. The van der Waals surface area contributed by atoms with E-state index in [0.29, 0.717) is 11.3 Å². The quantitative estimate of drug-likeness (QED) is 0.556. The van der Waals surface area contributed by atoms with E-state index in [1.807, 2.05) is 31.1 Å². The summed E-state index contributed by atoms with van der Waals surface area (Å²) in [5, 5.41) is 0. The van der Waals surface area contributed by atoms with Gasteiger partial charge in [-0.05, 0) is 12.1 Å². The molecule has 0 saturated heterocycles. The lowest BCUT2D eigenvalue weighted by Crippen LogP contribution is -2.04. The predicted octanol–water partition coefficient (Wildman–Crippen LogP) is 1.95. The fraction of sp³-hybridized carbons (Fsp3) is 0.250. The van der Waals surface area contributed by atoms with Crippen molar-refractivity contribution in [2.45, 2.75) is 0 Å². The van der Waals surface area contributed by atoms with Crippen LogP contribution in [-0.4, -0.2) is 31.9 Å². The van der Waals surface area contributed by atoms with Gasteiger partial charge in [-0.1, -0.05) is 12.1 Å². The van der Waals surface area contributed by atoms with Crippen LogP contribution in [0.5, 0.6) is 5.75 Å². The second kappa shape index (κ2) is 5.20. The normalized spacial score (nSPS) is 10.3.